The van der Waals surface area contributed by atoms with E-state index in [4.69, 9.17) is 12.2 Å². The summed E-state index contributed by atoms with van der Waals surface area (Å²) in [4.78, 5) is 32.3. The van der Waals surface area contributed by atoms with Crippen molar-refractivity contribution in [2.24, 2.45) is 0 Å². The van der Waals surface area contributed by atoms with Crippen LogP contribution in [0.5, 0.6) is 0 Å². The minimum atomic E-state index is -0.161. The molecule has 29 heavy (non-hydrogen) atoms. The highest BCUT2D eigenvalue weighted by molar-refractivity contribution is 9.10. The Morgan fingerprint density at radius 2 is 1.97 bits per heavy atom. The fraction of sp³-hybridized carbons (Fsp3) is 0.286. The van der Waals surface area contributed by atoms with Crippen LogP contribution in [0, 0.1) is 4.77 Å². The number of hydrogen-bond donors (Lipinski definition) is 2. The summed E-state index contributed by atoms with van der Waals surface area (Å²) in [5, 5.41) is 0.521. The number of aromatic amines is 1. The zero-order valence-electron chi connectivity index (χ0n) is 16.1. The van der Waals surface area contributed by atoms with Crippen molar-refractivity contribution in [1.82, 2.24) is 14.5 Å². The average molecular weight is 474 g/mol. The molecule has 4 rings (SSSR count). The van der Waals surface area contributed by atoms with Crippen molar-refractivity contribution in [2.75, 3.05) is 33.2 Å². The van der Waals surface area contributed by atoms with Gasteiger partial charge < -0.3 is 14.8 Å². The lowest BCUT2D eigenvalue weighted by Gasteiger charge is -2.30. The number of quaternary nitrogens is 1. The van der Waals surface area contributed by atoms with Gasteiger partial charge in [0.05, 0.1) is 50.7 Å². The maximum Gasteiger partial charge on any atom is 0.262 e. The molecular formula is C21H22BrN4O2S+. The Morgan fingerprint density at radius 1 is 1.21 bits per heavy atom. The molecule has 8 heteroatoms. The van der Waals surface area contributed by atoms with E-state index in [1.807, 2.05) is 29.2 Å². The van der Waals surface area contributed by atoms with Crippen LogP contribution < -0.4 is 10.5 Å². The van der Waals surface area contributed by atoms with Crippen LogP contribution >= 0.6 is 28.1 Å². The van der Waals surface area contributed by atoms with Crippen molar-refractivity contribution < 1.29 is 9.69 Å². The number of nitrogens with zero attached hydrogens (tertiary/aromatic N) is 2. The minimum absolute atomic E-state index is 0.00275. The van der Waals surface area contributed by atoms with Crippen molar-refractivity contribution in [3.05, 3.63) is 73.2 Å². The normalized spacial score (nSPS) is 15.0. The molecule has 1 aliphatic rings. The number of H-pyrrole nitrogens is 1. The van der Waals surface area contributed by atoms with Crippen LogP contribution in [0.1, 0.15) is 15.9 Å². The summed E-state index contributed by atoms with van der Waals surface area (Å²) in [6, 6.07) is 13.0. The number of benzene rings is 2. The lowest BCUT2D eigenvalue weighted by atomic mass is 10.1. The summed E-state index contributed by atoms with van der Waals surface area (Å²) >= 11 is 8.89. The number of likely N-dealkylation sites (N-methyl/N-ethyl adjacent to an activating group) is 1. The second kappa shape index (κ2) is 8.22. The van der Waals surface area contributed by atoms with Gasteiger partial charge in [-0.2, -0.15) is 0 Å². The molecule has 0 unspecified atom stereocenters. The second-order valence-corrected chi connectivity index (χ2v) is 8.76. The van der Waals surface area contributed by atoms with Gasteiger partial charge in [-0.15, -0.1) is 0 Å². The van der Waals surface area contributed by atoms with Crippen LogP contribution in [-0.2, 0) is 6.54 Å². The molecule has 1 amide bonds. The molecule has 150 valence electrons. The number of carbonyl (C=O) groups excluding carboxylic acids is 1. The van der Waals surface area contributed by atoms with Gasteiger partial charge in [0.2, 0.25) is 0 Å². The number of nitrogens with one attached hydrogen (secondary N) is 2. The standard InChI is InChI=1S/C21H21BrN4O2S/c1-24-7-9-25(10-8-24)19(27)15-5-6-17-18(12-15)23-21(29)26(20(17)28)13-14-3-2-4-16(22)11-14/h2-6,11-12H,7-10,13H2,1H3,(H,23,29)/p+1. The number of hydrogen-bond acceptors (Lipinski definition) is 3. The first-order valence-corrected chi connectivity index (χ1v) is 10.7. The van der Waals surface area contributed by atoms with Crippen molar-refractivity contribution in [2.45, 2.75) is 6.54 Å². The molecule has 1 aromatic heterocycles. The van der Waals surface area contributed by atoms with Gasteiger partial charge in [-0.25, -0.2) is 0 Å². The van der Waals surface area contributed by atoms with Crippen molar-refractivity contribution in [1.29, 1.82) is 0 Å². The zero-order chi connectivity index (χ0) is 20.5. The molecule has 0 radical (unpaired) electrons. The van der Waals surface area contributed by atoms with Crippen LogP contribution in [0.15, 0.2) is 51.7 Å². The first kappa shape index (κ1) is 20.0. The van der Waals surface area contributed by atoms with Crippen LogP contribution in [0.3, 0.4) is 0 Å². The Bertz CT molecular complexity index is 1200. The number of piperazine rings is 1. The van der Waals surface area contributed by atoms with Gasteiger partial charge in [-0.1, -0.05) is 28.1 Å². The zero-order valence-corrected chi connectivity index (χ0v) is 18.5. The van der Waals surface area contributed by atoms with E-state index in [-0.39, 0.29) is 11.5 Å². The third-order valence-electron chi connectivity index (χ3n) is 5.36. The monoisotopic (exact) mass is 473 g/mol. The average Bonchev–Trinajstić information content (AvgIpc) is 2.71. The largest absolute Gasteiger partial charge is 0.334 e. The molecule has 2 aromatic carbocycles. The summed E-state index contributed by atoms with van der Waals surface area (Å²) < 4.78 is 2.84. The first-order valence-electron chi connectivity index (χ1n) is 9.54. The van der Waals surface area contributed by atoms with E-state index in [2.05, 4.69) is 28.0 Å². The molecule has 1 saturated heterocycles. The topological polar surface area (TPSA) is 62.5 Å². The van der Waals surface area contributed by atoms with E-state index < -0.39 is 0 Å². The summed E-state index contributed by atoms with van der Waals surface area (Å²) in [7, 11) is 2.14. The molecule has 0 spiro atoms. The highest BCUT2D eigenvalue weighted by atomic mass is 79.9. The molecule has 0 bridgehead atoms. The Balaban J connectivity index is 1.67. The molecule has 1 fully saturated rings. The van der Waals surface area contributed by atoms with Gasteiger partial charge in [0, 0.05) is 10.0 Å². The Hall–Kier alpha value is -2.29. The van der Waals surface area contributed by atoms with Crippen molar-refractivity contribution in [3.8, 4) is 0 Å². The van der Waals surface area contributed by atoms with Gasteiger partial charge in [-0.05, 0) is 48.1 Å². The quantitative estimate of drug-likeness (QED) is 0.570. The first-order chi connectivity index (χ1) is 13.9. The number of fused-ring (bicyclic) bond motifs is 1. The molecule has 0 saturated carbocycles. The molecule has 2 heterocycles. The van der Waals surface area contributed by atoms with Gasteiger partial charge in [-0.3, -0.25) is 14.2 Å². The molecule has 0 aliphatic carbocycles. The summed E-state index contributed by atoms with van der Waals surface area (Å²) in [5.74, 6) is -0.00275. The Morgan fingerprint density at radius 3 is 2.69 bits per heavy atom. The van der Waals surface area contributed by atoms with Gasteiger partial charge >= 0.3 is 0 Å². The smallest absolute Gasteiger partial charge is 0.262 e. The van der Waals surface area contributed by atoms with Crippen molar-refractivity contribution in [3.63, 3.8) is 0 Å². The Labute approximate surface area is 181 Å². The van der Waals surface area contributed by atoms with Crippen molar-refractivity contribution >= 4 is 45.0 Å². The molecule has 2 N–H and O–H groups in total. The van der Waals surface area contributed by atoms with Crippen LogP contribution in [0.25, 0.3) is 10.9 Å². The maximum atomic E-state index is 13.0. The van der Waals surface area contributed by atoms with E-state index in [1.165, 1.54) is 4.90 Å². The predicted octanol–water partition coefficient (Wildman–Crippen LogP) is 1.84. The summed E-state index contributed by atoms with van der Waals surface area (Å²) in [5.41, 5.74) is 1.98. The van der Waals surface area contributed by atoms with Gasteiger partial charge in [0.15, 0.2) is 4.77 Å². The predicted molar refractivity (Wildman–Crippen MR) is 119 cm³/mol. The van der Waals surface area contributed by atoms with E-state index in [9.17, 15) is 9.59 Å². The summed E-state index contributed by atoms with van der Waals surface area (Å²) in [6.45, 7) is 3.76. The molecule has 6 nitrogen and oxygen atoms in total. The highest BCUT2D eigenvalue weighted by Crippen LogP contribution is 2.15. The third-order valence-corrected chi connectivity index (χ3v) is 6.18. The summed E-state index contributed by atoms with van der Waals surface area (Å²) in [6.07, 6.45) is 0. The number of rotatable bonds is 3. The van der Waals surface area contributed by atoms with Gasteiger partial charge in [0.25, 0.3) is 11.5 Å². The fourth-order valence-corrected chi connectivity index (χ4v) is 4.33. The maximum absolute atomic E-state index is 13.0. The minimum Gasteiger partial charge on any atom is -0.334 e. The number of halogens is 1. The number of carbonyl (C=O) groups is 1. The van der Waals surface area contributed by atoms with Gasteiger partial charge in [0.1, 0.15) is 0 Å². The molecule has 1 aliphatic heterocycles. The van der Waals surface area contributed by atoms with Crippen LogP contribution in [0.2, 0.25) is 0 Å². The van der Waals surface area contributed by atoms with E-state index in [0.717, 1.165) is 36.2 Å². The van der Waals surface area contributed by atoms with E-state index in [0.29, 0.717) is 27.8 Å². The Kier molecular flexibility index (Phi) is 5.67. The lowest BCUT2D eigenvalue weighted by molar-refractivity contribution is -0.883. The third kappa shape index (κ3) is 4.19. The number of amides is 1. The lowest BCUT2D eigenvalue weighted by Crippen LogP contribution is -3.12. The molecular weight excluding hydrogens is 452 g/mol. The van der Waals surface area contributed by atoms with E-state index in [1.54, 1.807) is 22.8 Å². The van der Waals surface area contributed by atoms with Crippen LogP contribution in [-0.4, -0.2) is 53.6 Å². The fourth-order valence-electron chi connectivity index (χ4n) is 3.62. The van der Waals surface area contributed by atoms with Crippen LogP contribution in [0.4, 0.5) is 0 Å². The number of aromatic nitrogens is 2. The van der Waals surface area contributed by atoms with E-state index >= 15 is 0 Å². The molecule has 3 aromatic rings. The second-order valence-electron chi connectivity index (χ2n) is 7.46. The SMILES string of the molecule is C[NH+]1CCN(C(=O)c2ccc3c(=O)n(Cc4cccc(Br)c4)c(=S)[nH]c3c2)CC1. The highest BCUT2D eigenvalue weighted by Gasteiger charge is 2.22. The molecule has 0 atom stereocenters.